The Labute approximate surface area is 181 Å². The highest BCUT2D eigenvalue weighted by atomic mass is 16.2. The normalized spacial score (nSPS) is 17.0. The van der Waals surface area contributed by atoms with Gasteiger partial charge in [0.2, 0.25) is 0 Å². The number of carbonyl (C=O) groups is 1. The second-order valence-corrected chi connectivity index (χ2v) is 9.05. The lowest BCUT2D eigenvalue weighted by molar-refractivity contribution is 0.0724. The van der Waals surface area contributed by atoms with Gasteiger partial charge >= 0.3 is 0 Å². The lowest BCUT2D eigenvalue weighted by Gasteiger charge is -2.26. The van der Waals surface area contributed by atoms with Gasteiger partial charge in [-0.2, -0.15) is 0 Å². The van der Waals surface area contributed by atoms with E-state index in [9.17, 15) is 4.79 Å². The van der Waals surface area contributed by atoms with Crippen LogP contribution in [0.25, 0.3) is 33.6 Å². The molecule has 2 fully saturated rings. The van der Waals surface area contributed by atoms with E-state index in [1.165, 1.54) is 19.3 Å². The van der Waals surface area contributed by atoms with Crippen LogP contribution in [0, 0.1) is 5.92 Å². The maximum absolute atomic E-state index is 13.0. The molecule has 0 atom stereocenters. The van der Waals surface area contributed by atoms with Crippen LogP contribution >= 0.6 is 0 Å². The van der Waals surface area contributed by atoms with E-state index < -0.39 is 0 Å². The number of amides is 1. The number of piperidine rings is 1. The van der Waals surface area contributed by atoms with E-state index in [4.69, 9.17) is 4.98 Å². The number of carbonyl (C=O) groups excluding carboxylic acids is 1. The fourth-order valence-corrected chi connectivity index (χ4v) is 4.86. The van der Waals surface area contributed by atoms with Gasteiger partial charge in [0.05, 0.1) is 16.7 Å². The molecule has 1 aliphatic carbocycles. The van der Waals surface area contributed by atoms with Gasteiger partial charge in [0.15, 0.2) is 5.82 Å². The van der Waals surface area contributed by atoms with Gasteiger partial charge in [0, 0.05) is 43.8 Å². The van der Waals surface area contributed by atoms with Crippen molar-refractivity contribution in [1.82, 2.24) is 24.0 Å². The minimum absolute atomic E-state index is 0.126. The fourth-order valence-electron chi connectivity index (χ4n) is 4.86. The highest BCUT2D eigenvalue weighted by Crippen LogP contribution is 2.36. The summed E-state index contributed by atoms with van der Waals surface area (Å²) in [6.07, 6.45) is 7.86. The molecule has 4 heterocycles. The summed E-state index contributed by atoms with van der Waals surface area (Å²) < 4.78 is 4.47. The Hall–Kier alpha value is -3.15. The van der Waals surface area contributed by atoms with E-state index >= 15 is 0 Å². The summed E-state index contributed by atoms with van der Waals surface area (Å²) in [5.41, 5.74) is 4.78. The highest BCUT2D eigenvalue weighted by molar-refractivity contribution is 5.98. The zero-order valence-corrected chi connectivity index (χ0v) is 17.9. The molecule has 0 N–H and O–H groups in total. The molecule has 0 bridgehead atoms. The van der Waals surface area contributed by atoms with Gasteiger partial charge in [-0.1, -0.05) is 0 Å². The first-order chi connectivity index (χ1) is 15.2. The van der Waals surface area contributed by atoms with Crippen LogP contribution in [-0.4, -0.2) is 43.0 Å². The predicted octanol–water partition coefficient (Wildman–Crippen LogP) is 4.63. The molecule has 2 aliphatic rings. The molecule has 3 aromatic heterocycles. The third-order valence-corrected chi connectivity index (χ3v) is 6.79. The second kappa shape index (κ2) is 7.22. The van der Waals surface area contributed by atoms with Crippen molar-refractivity contribution in [1.29, 1.82) is 0 Å². The molecule has 31 heavy (non-hydrogen) atoms. The largest absolute Gasteiger partial charge is 0.339 e. The number of likely N-dealkylation sites (tertiary alicyclic amines) is 1. The molecule has 1 saturated heterocycles. The Morgan fingerprint density at radius 2 is 1.94 bits per heavy atom. The van der Waals surface area contributed by atoms with Crippen molar-refractivity contribution in [3.63, 3.8) is 0 Å². The SMILES string of the molecule is Cn1c(-c2cc3cccnc3n2CC2CC2)nc2cc(C(=O)N3CCCCC3)ccc21. The van der Waals surface area contributed by atoms with Crippen LogP contribution in [0.15, 0.2) is 42.6 Å². The van der Waals surface area contributed by atoms with Crippen LogP contribution in [0.1, 0.15) is 42.5 Å². The van der Waals surface area contributed by atoms with E-state index in [-0.39, 0.29) is 5.91 Å². The third kappa shape index (κ3) is 3.21. The molecule has 158 valence electrons. The predicted molar refractivity (Wildman–Crippen MR) is 122 cm³/mol. The number of rotatable bonds is 4. The summed E-state index contributed by atoms with van der Waals surface area (Å²) in [5.74, 6) is 1.79. The molecular weight excluding hydrogens is 386 g/mol. The van der Waals surface area contributed by atoms with Gasteiger partial charge in [-0.05, 0) is 74.4 Å². The van der Waals surface area contributed by atoms with E-state index in [1.54, 1.807) is 0 Å². The molecule has 6 rings (SSSR count). The smallest absolute Gasteiger partial charge is 0.253 e. The van der Waals surface area contributed by atoms with E-state index in [0.29, 0.717) is 0 Å². The van der Waals surface area contributed by atoms with Crippen molar-refractivity contribution >= 4 is 28.0 Å². The number of imidazole rings is 1. The van der Waals surface area contributed by atoms with Crippen LogP contribution < -0.4 is 0 Å². The Kier molecular flexibility index (Phi) is 4.33. The number of fused-ring (bicyclic) bond motifs is 2. The first-order valence-electron chi connectivity index (χ1n) is 11.4. The Balaban J connectivity index is 1.44. The van der Waals surface area contributed by atoms with Gasteiger partial charge < -0.3 is 14.0 Å². The zero-order valence-electron chi connectivity index (χ0n) is 17.9. The maximum atomic E-state index is 13.0. The molecule has 1 amide bonds. The first-order valence-corrected chi connectivity index (χ1v) is 11.4. The third-order valence-electron chi connectivity index (χ3n) is 6.79. The van der Waals surface area contributed by atoms with Crippen LogP contribution in [0.4, 0.5) is 0 Å². The van der Waals surface area contributed by atoms with Crippen molar-refractivity contribution < 1.29 is 4.79 Å². The van der Waals surface area contributed by atoms with Crippen molar-refractivity contribution in [3.8, 4) is 11.5 Å². The highest BCUT2D eigenvalue weighted by Gasteiger charge is 2.26. The average Bonchev–Trinajstić information content (AvgIpc) is 3.48. The molecule has 0 spiro atoms. The van der Waals surface area contributed by atoms with E-state index in [0.717, 1.165) is 77.5 Å². The standard InChI is InChI=1S/C25H27N5O/c1-28-21-10-9-19(25(31)29-12-3-2-4-13-29)14-20(21)27-24(28)22-15-18-6-5-11-26-23(18)30(22)16-17-7-8-17/h5-6,9-11,14-15,17H,2-4,7-8,12-13,16H2,1H3. The monoisotopic (exact) mass is 413 g/mol. The van der Waals surface area contributed by atoms with Crippen LogP contribution in [0.5, 0.6) is 0 Å². The fraction of sp³-hybridized carbons (Fsp3) is 0.400. The molecular formula is C25H27N5O. The lowest BCUT2D eigenvalue weighted by Crippen LogP contribution is -2.35. The van der Waals surface area contributed by atoms with Crippen LogP contribution in [0.3, 0.4) is 0 Å². The molecule has 1 aromatic carbocycles. The van der Waals surface area contributed by atoms with Gasteiger partial charge in [-0.15, -0.1) is 0 Å². The average molecular weight is 414 g/mol. The lowest BCUT2D eigenvalue weighted by atomic mass is 10.1. The first kappa shape index (κ1) is 18.6. The zero-order chi connectivity index (χ0) is 20.9. The summed E-state index contributed by atoms with van der Waals surface area (Å²) in [7, 11) is 2.06. The number of nitrogens with zero attached hydrogens (tertiary/aromatic N) is 5. The van der Waals surface area contributed by atoms with Gasteiger partial charge in [-0.25, -0.2) is 9.97 Å². The van der Waals surface area contributed by atoms with Crippen LogP contribution in [-0.2, 0) is 13.6 Å². The molecule has 6 heteroatoms. The quantitative estimate of drug-likeness (QED) is 0.490. The number of aryl methyl sites for hydroxylation is 1. The van der Waals surface area contributed by atoms with E-state index in [1.807, 2.05) is 35.4 Å². The molecule has 4 aromatic rings. The summed E-state index contributed by atoms with van der Waals surface area (Å²) in [5, 5.41) is 1.14. The summed E-state index contributed by atoms with van der Waals surface area (Å²) in [4.78, 5) is 24.6. The molecule has 1 saturated carbocycles. The van der Waals surface area contributed by atoms with Gasteiger partial charge in [-0.3, -0.25) is 4.79 Å². The van der Waals surface area contributed by atoms with Crippen molar-refractivity contribution in [3.05, 3.63) is 48.2 Å². The Morgan fingerprint density at radius 1 is 1.10 bits per heavy atom. The Morgan fingerprint density at radius 3 is 2.74 bits per heavy atom. The number of pyridine rings is 1. The van der Waals surface area contributed by atoms with Gasteiger partial charge in [0.1, 0.15) is 5.65 Å². The minimum Gasteiger partial charge on any atom is -0.339 e. The Bertz CT molecular complexity index is 1290. The van der Waals surface area contributed by atoms with Crippen molar-refractivity contribution in [2.75, 3.05) is 13.1 Å². The summed E-state index contributed by atoms with van der Waals surface area (Å²) >= 11 is 0. The van der Waals surface area contributed by atoms with Gasteiger partial charge in [0.25, 0.3) is 5.91 Å². The van der Waals surface area contributed by atoms with Crippen molar-refractivity contribution in [2.24, 2.45) is 13.0 Å². The van der Waals surface area contributed by atoms with E-state index in [2.05, 4.69) is 33.3 Å². The van der Waals surface area contributed by atoms with Crippen LogP contribution in [0.2, 0.25) is 0 Å². The molecule has 0 unspecified atom stereocenters. The van der Waals surface area contributed by atoms with Crippen molar-refractivity contribution in [2.45, 2.75) is 38.6 Å². The molecule has 6 nitrogen and oxygen atoms in total. The summed E-state index contributed by atoms with van der Waals surface area (Å²) in [6, 6.07) is 12.3. The molecule has 0 radical (unpaired) electrons. The molecule has 1 aliphatic heterocycles. The number of hydrogen-bond acceptors (Lipinski definition) is 3. The maximum Gasteiger partial charge on any atom is 0.253 e. The number of hydrogen-bond donors (Lipinski definition) is 0. The topological polar surface area (TPSA) is 56.0 Å². The minimum atomic E-state index is 0.126. The summed E-state index contributed by atoms with van der Waals surface area (Å²) in [6.45, 7) is 2.70. The second-order valence-electron chi connectivity index (χ2n) is 9.05. The number of aromatic nitrogens is 4. The number of benzene rings is 1.